The minimum Gasteiger partial charge on any atom is -0.392 e. The monoisotopic (exact) mass is 482 g/mol. The van der Waals surface area contributed by atoms with E-state index >= 15 is 0 Å². The number of para-hydroxylation sites is 1. The normalized spacial score (nSPS) is 21.2. The highest BCUT2D eigenvalue weighted by Crippen LogP contribution is 2.43. The number of nitrogens with one attached hydrogen (secondary N) is 1. The van der Waals surface area contributed by atoms with Crippen molar-refractivity contribution in [1.82, 2.24) is 19.7 Å². The molecule has 3 atom stereocenters. The SMILES string of the molecule is NC(=O)c1nn(CC(=O)N2[C@@H]3CC[C@@H](C3)[C@H]2C(=O)Nc2cc(CO)cc(Cl)n2)c2ccccc12. The number of primary amides is 1. The van der Waals surface area contributed by atoms with Crippen molar-refractivity contribution < 1.29 is 19.5 Å². The maximum atomic E-state index is 13.4. The van der Waals surface area contributed by atoms with Gasteiger partial charge in [-0.15, -0.1) is 0 Å². The molecule has 0 radical (unpaired) electrons. The minimum absolute atomic E-state index is 0.0361. The first-order valence-corrected chi connectivity index (χ1v) is 11.4. The molecule has 11 heteroatoms. The first-order chi connectivity index (χ1) is 16.4. The van der Waals surface area contributed by atoms with E-state index in [9.17, 15) is 19.5 Å². The van der Waals surface area contributed by atoms with Crippen molar-refractivity contribution in [3.8, 4) is 0 Å². The molecule has 3 heterocycles. The first-order valence-electron chi connectivity index (χ1n) is 11.0. The molecule has 0 unspecified atom stereocenters. The molecule has 2 aromatic heterocycles. The predicted molar refractivity (Wildman–Crippen MR) is 124 cm³/mol. The number of likely N-dealkylation sites (tertiary alicyclic amines) is 1. The summed E-state index contributed by atoms with van der Waals surface area (Å²) in [5.41, 5.74) is 6.71. The molecule has 4 N–H and O–H groups in total. The third-order valence-corrected chi connectivity index (χ3v) is 6.80. The quantitative estimate of drug-likeness (QED) is 0.456. The fraction of sp³-hybridized carbons (Fsp3) is 0.348. The number of pyridine rings is 1. The molecule has 34 heavy (non-hydrogen) atoms. The smallest absolute Gasteiger partial charge is 0.269 e. The molecule has 1 saturated heterocycles. The van der Waals surface area contributed by atoms with Crippen LogP contribution in [-0.2, 0) is 22.7 Å². The van der Waals surface area contributed by atoms with E-state index in [0.717, 1.165) is 19.3 Å². The third-order valence-electron chi connectivity index (χ3n) is 6.61. The van der Waals surface area contributed by atoms with E-state index in [0.29, 0.717) is 16.5 Å². The van der Waals surface area contributed by atoms with Crippen molar-refractivity contribution in [2.75, 3.05) is 5.32 Å². The summed E-state index contributed by atoms with van der Waals surface area (Å²) in [6.07, 6.45) is 2.44. The number of halogens is 1. The molecule has 2 aliphatic rings. The highest BCUT2D eigenvalue weighted by molar-refractivity contribution is 6.29. The molecule has 0 spiro atoms. The van der Waals surface area contributed by atoms with Crippen LogP contribution in [0.15, 0.2) is 36.4 Å². The number of benzene rings is 1. The fourth-order valence-corrected chi connectivity index (χ4v) is 5.46. The van der Waals surface area contributed by atoms with Gasteiger partial charge in [-0.3, -0.25) is 19.1 Å². The number of hydrogen-bond acceptors (Lipinski definition) is 6. The molecular formula is C23H23ClN6O4. The maximum absolute atomic E-state index is 13.4. The van der Waals surface area contributed by atoms with Crippen molar-refractivity contribution in [1.29, 1.82) is 0 Å². The summed E-state index contributed by atoms with van der Waals surface area (Å²) in [4.78, 5) is 44.3. The van der Waals surface area contributed by atoms with Gasteiger partial charge in [0.2, 0.25) is 11.8 Å². The number of nitrogens with zero attached hydrogens (tertiary/aromatic N) is 4. The Labute approximate surface area is 199 Å². The van der Waals surface area contributed by atoms with Gasteiger partial charge in [0.05, 0.1) is 12.1 Å². The summed E-state index contributed by atoms with van der Waals surface area (Å²) in [6, 6.07) is 9.44. The number of hydrogen-bond donors (Lipinski definition) is 3. The topological polar surface area (TPSA) is 143 Å². The molecule has 1 aliphatic carbocycles. The average Bonchev–Trinajstić information content (AvgIpc) is 3.52. The van der Waals surface area contributed by atoms with Crippen LogP contribution in [0.25, 0.3) is 10.9 Å². The second-order valence-corrected chi connectivity index (χ2v) is 9.08. The number of carbonyl (C=O) groups is 3. The van der Waals surface area contributed by atoms with Gasteiger partial charge in [-0.25, -0.2) is 4.98 Å². The van der Waals surface area contributed by atoms with Crippen LogP contribution in [0.4, 0.5) is 5.82 Å². The molecule has 5 rings (SSSR count). The number of anilines is 1. The zero-order valence-corrected chi connectivity index (χ0v) is 18.9. The Morgan fingerprint density at radius 3 is 2.76 bits per heavy atom. The van der Waals surface area contributed by atoms with Crippen LogP contribution in [-0.4, -0.2) is 54.6 Å². The van der Waals surface area contributed by atoms with Crippen LogP contribution in [0.1, 0.15) is 35.3 Å². The van der Waals surface area contributed by atoms with Crippen molar-refractivity contribution in [2.24, 2.45) is 11.7 Å². The van der Waals surface area contributed by atoms with Crippen LogP contribution in [0.3, 0.4) is 0 Å². The van der Waals surface area contributed by atoms with Crippen LogP contribution < -0.4 is 11.1 Å². The lowest BCUT2D eigenvalue weighted by atomic mass is 9.97. The van der Waals surface area contributed by atoms with Crippen molar-refractivity contribution in [3.05, 3.63) is 52.8 Å². The molecule has 10 nitrogen and oxygen atoms in total. The summed E-state index contributed by atoms with van der Waals surface area (Å²) >= 11 is 6.00. The molecule has 176 valence electrons. The minimum atomic E-state index is -0.670. The van der Waals surface area contributed by atoms with Crippen LogP contribution in [0.2, 0.25) is 5.15 Å². The maximum Gasteiger partial charge on any atom is 0.269 e. The Hall–Kier alpha value is -3.50. The third kappa shape index (κ3) is 3.88. The van der Waals surface area contributed by atoms with Gasteiger partial charge in [-0.1, -0.05) is 29.8 Å². The number of rotatable bonds is 6. The number of aliphatic hydroxyl groups is 1. The lowest BCUT2D eigenvalue weighted by Crippen LogP contribution is -2.52. The number of nitrogens with two attached hydrogens (primary N) is 1. The van der Waals surface area contributed by atoms with Gasteiger partial charge in [0.15, 0.2) is 5.69 Å². The Bertz CT molecular complexity index is 1310. The van der Waals surface area contributed by atoms with Gasteiger partial charge in [0, 0.05) is 11.4 Å². The Morgan fingerprint density at radius 1 is 1.21 bits per heavy atom. The van der Waals surface area contributed by atoms with E-state index in [1.165, 1.54) is 10.7 Å². The second-order valence-electron chi connectivity index (χ2n) is 8.69. The van der Waals surface area contributed by atoms with E-state index in [2.05, 4.69) is 15.4 Å². The number of fused-ring (bicyclic) bond motifs is 3. The fourth-order valence-electron chi connectivity index (χ4n) is 5.23. The summed E-state index contributed by atoms with van der Waals surface area (Å²) < 4.78 is 1.46. The molecule has 1 saturated carbocycles. The lowest BCUT2D eigenvalue weighted by molar-refractivity contribution is -0.141. The zero-order chi connectivity index (χ0) is 24.0. The van der Waals surface area contributed by atoms with Gasteiger partial charge >= 0.3 is 0 Å². The molecule has 3 amide bonds. The number of amides is 3. The van der Waals surface area contributed by atoms with Gasteiger partial charge in [0.1, 0.15) is 23.6 Å². The second kappa shape index (κ2) is 8.69. The van der Waals surface area contributed by atoms with E-state index in [1.54, 1.807) is 35.2 Å². The standard InChI is InChI=1S/C23H23ClN6O4/c24-17-7-12(11-31)8-18(26-17)27-23(34)21-13-5-6-14(9-13)30(21)19(32)10-29-16-4-2-1-3-15(16)20(28-29)22(25)33/h1-4,7-8,13-14,21,31H,5-6,9-11H2,(H2,25,33)(H,26,27,34)/t13-,14+,21-/m0/s1. The average molecular weight is 483 g/mol. The largest absolute Gasteiger partial charge is 0.392 e. The predicted octanol–water partition coefficient (Wildman–Crippen LogP) is 1.69. The summed E-state index contributed by atoms with van der Waals surface area (Å²) in [7, 11) is 0. The Kier molecular flexibility index (Phi) is 5.70. The van der Waals surface area contributed by atoms with Gasteiger partial charge in [-0.2, -0.15) is 5.10 Å². The molecule has 1 aromatic carbocycles. The number of aromatic nitrogens is 3. The lowest BCUT2D eigenvalue weighted by Gasteiger charge is -2.34. The van der Waals surface area contributed by atoms with Crippen molar-refractivity contribution >= 4 is 46.0 Å². The summed E-state index contributed by atoms with van der Waals surface area (Å²) in [5.74, 6) is -1.01. The molecule has 2 bridgehead atoms. The summed E-state index contributed by atoms with van der Waals surface area (Å²) in [5, 5.41) is 17.2. The van der Waals surface area contributed by atoms with Crippen LogP contribution >= 0.6 is 11.6 Å². The van der Waals surface area contributed by atoms with Gasteiger partial charge in [-0.05, 0) is 48.9 Å². The highest BCUT2D eigenvalue weighted by atomic mass is 35.5. The van der Waals surface area contributed by atoms with E-state index in [-0.39, 0.29) is 53.6 Å². The summed E-state index contributed by atoms with van der Waals surface area (Å²) in [6.45, 7) is -0.361. The van der Waals surface area contributed by atoms with Crippen molar-refractivity contribution in [2.45, 2.75) is 44.5 Å². The molecule has 2 fully saturated rings. The number of aliphatic hydroxyl groups excluding tert-OH is 1. The Morgan fingerprint density at radius 2 is 2.00 bits per heavy atom. The zero-order valence-electron chi connectivity index (χ0n) is 18.1. The molecule has 3 aromatic rings. The van der Waals surface area contributed by atoms with Gasteiger partial charge in [0.25, 0.3) is 5.91 Å². The van der Waals surface area contributed by atoms with Crippen LogP contribution in [0, 0.1) is 5.92 Å². The van der Waals surface area contributed by atoms with Crippen molar-refractivity contribution in [3.63, 3.8) is 0 Å². The van der Waals surface area contributed by atoms with Crippen LogP contribution in [0.5, 0.6) is 0 Å². The van der Waals surface area contributed by atoms with E-state index in [1.807, 2.05) is 0 Å². The van der Waals surface area contributed by atoms with E-state index in [4.69, 9.17) is 17.3 Å². The highest BCUT2D eigenvalue weighted by Gasteiger charge is 2.51. The number of carbonyl (C=O) groups excluding carboxylic acids is 3. The first kappa shape index (κ1) is 22.3. The molecule has 1 aliphatic heterocycles. The van der Waals surface area contributed by atoms with E-state index < -0.39 is 11.9 Å². The molecular weight excluding hydrogens is 460 g/mol. The van der Waals surface area contributed by atoms with Gasteiger partial charge < -0.3 is 21.1 Å². The number of piperidine rings is 1. The Balaban J connectivity index is 1.40.